The van der Waals surface area contributed by atoms with Crippen molar-refractivity contribution in [3.63, 3.8) is 0 Å². The van der Waals surface area contributed by atoms with Gasteiger partial charge in [-0.3, -0.25) is 14.3 Å². The standard InChI is InChI=1S/C20H24NO6P.C18H20NO6P.6CH4/c1-21-28(2,26-17-9-3-15(4-10-17)7-13-19(22)23)27-18-11-5-16(6-12-18)8-14-20(24)25;1-19-26(2,24-11-13-3-7-15(8-4-13)17(20)21)25-12-14-5-9-16(10-6-14)18(22)23;;;;;;/h3-6,9-12H,7-8,13-14H2,1-2H3,(H,22,23)(H,24,25);3-10H,11-12H2,1-2H3,(H,20,21)(H,22,23);6*1H4. The van der Waals surface area contributed by atoms with Crippen LogP contribution in [0.25, 0.3) is 0 Å². The lowest BCUT2D eigenvalue weighted by atomic mass is 10.1. The highest BCUT2D eigenvalue weighted by atomic mass is 31.2. The topological polar surface area (TPSA) is 211 Å². The fraction of sp³-hybridized carbons (Fsp3) is 0.364. The van der Waals surface area contributed by atoms with Crippen LogP contribution in [0.15, 0.2) is 107 Å². The second-order valence-corrected chi connectivity index (χ2v) is 16.7. The van der Waals surface area contributed by atoms with E-state index in [1.807, 2.05) is 24.3 Å². The molecule has 0 saturated heterocycles. The number of aromatic carboxylic acids is 2. The molecule has 4 N–H and O–H groups in total. The van der Waals surface area contributed by atoms with Gasteiger partial charge in [0, 0.05) is 40.3 Å². The van der Waals surface area contributed by atoms with Gasteiger partial charge in [-0.05, 0) is 83.6 Å². The molecule has 0 bridgehead atoms. The van der Waals surface area contributed by atoms with Crippen LogP contribution in [-0.4, -0.2) is 71.7 Å². The second-order valence-electron chi connectivity index (χ2n) is 11.8. The van der Waals surface area contributed by atoms with Gasteiger partial charge in [0.1, 0.15) is 11.5 Å². The lowest BCUT2D eigenvalue weighted by Crippen LogP contribution is -2.01. The maximum absolute atomic E-state index is 10.9. The maximum Gasteiger partial charge on any atom is 0.335 e. The first-order valence-corrected chi connectivity index (χ1v) is 20.6. The minimum atomic E-state index is -2.55. The summed E-state index contributed by atoms with van der Waals surface area (Å²) in [6.45, 7) is 4.08. The number of nitrogens with zero attached hydrogens (tertiary/aromatic N) is 2. The molecule has 0 amide bonds. The van der Waals surface area contributed by atoms with Gasteiger partial charge < -0.3 is 38.5 Å². The minimum Gasteiger partial charge on any atom is -0.481 e. The largest absolute Gasteiger partial charge is 0.481 e. The Bertz CT molecular complexity index is 1850. The zero-order valence-electron chi connectivity index (χ0n) is 30.3. The van der Waals surface area contributed by atoms with Crippen molar-refractivity contribution in [3.8, 4) is 11.5 Å². The van der Waals surface area contributed by atoms with Crippen molar-refractivity contribution in [3.05, 3.63) is 130 Å². The molecule has 0 aliphatic rings. The van der Waals surface area contributed by atoms with Crippen LogP contribution < -0.4 is 9.05 Å². The van der Waals surface area contributed by atoms with E-state index in [4.69, 9.17) is 38.5 Å². The Morgan fingerprint density at radius 3 is 1.00 bits per heavy atom. The van der Waals surface area contributed by atoms with Gasteiger partial charge in [0.05, 0.1) is 24.3 Å². The van der Waals surface area contributed by atoms with Gasteiger partial charge in [0.15, 0.2) is 0 Å². The van der Waals surface area contributed by atoms with E-state index in [1.54, 1.807) is 76.0 Å². The zero-order chi connectivity index (χ0) is 39.7. The molecule has 60 heavy (non-hydrogen) atoms. The number of hydrogen-bond acceptors (Lipinski definition) is 10. The molecule has 0 unspecified atom stereocenters. The first-order valence-electron chi connectivity index (χ1n) is 16.5. The molecule has 0 spiro atoms. The quantitative estimate of drug-likeness (QED) is 0.0688. The van der Waals surface area contributed by atoms with E-state index in [9.17, 15) is 19.2 Å². The van der Waals surface area contributed by atoms with Crippen molar-refractivity contribution in [2.45, 2.75) is 83.5 Å². The predicted molar refractivity (Wildman–Crippen MR) is 245 cm³/mol. The molecule has 0 aromatic heterocycles. The third-order valence-corrected chi connectivity index (χ3v) is 11.5. The highest BCUT2D eigenvalue weighted by Crippen LogP contribution is 2.49. The van der Waals surface area contributed by atoms with Crippen molar-refractivity contribution in [2.24, 2.45) is 9.49 Å². The van der Waals surface area contributed by atoms with Crippen LogP contribution in [0, 0.1) is 0 Å². The summed E-state index contributed by atoms with van der Waals surface area (Å²) in [5.74, 6) is -2.42. The van der Waals surface area contributed by atoms with Gasteiger partial charge in [-0.25, -0.2) is 14.3 Å². The summed E-state index contributed by atoms with van der Waals surface area (Å²) >= 11 is 0. The maximum atomic E-state index is 10.9. The first-order chi connectivity index (χ1) is 25.6. The van der Waals surface area contributed by atoms with Crippen molar-refractivity contribution < 1.29 is 57.7 Å². The molecule has 0 heterocycles. The monoisotopic (exact) mass is 878 g/mol. The number of carboxylic acid groups (broad SMARTS) is 4. The summed E-state index contributed by atoms with van der Waals surface area (Å²) in [5, 5.41) is 35.3. The molecule has 16 heteroatoms. The van der Waals surface area contributed by atoms with Crippen LogP contribution in [0.2, 0.25) is 0 Å². The molecule has 0 aliphatic carbocycles. The van der Waals surface area contributed by atoms with Gasteiger partial charge in [-0.2, -0.15) is 0 Å². The molecule has 4 aromatic carbocycles. The van der Waals surface area contributed by atoms with Crippen LogP contribution >= 0.6 is 15.0 Å². The molecule has 336 valence electrons. The SMILES string of the molecule is C.C.C.C.C.C.CN=P(C)(OCc1ccc(C(=O)O)cc1)OCc1ccc(C(=O)O)cc1.CN=P(C)(Oc1ccc(CCC(=O)O)cc1)Oc1ccc(CCC(=O)O)cc1. The average molecular weight is 879 g/mol. The molecular weight excluding hydrogens is 810 g/mol. The summed E-state index contributed by atoms with van der Waals surface area (Å²) in [6, 6.07) is 27.3. The van der Waals surface area contributed by atoms with Crippen LogP contribution in [0.3, 0.4) is 0 Å². The van der Waals surface area contributed by atoms with Crippen LogP contribution in [0.4, 0.5) is 0 Å². The average Bonchev–Trinajstić information content (AvgIpc) is 3.16. The molecule has 0 fully saturated rings. The van der Waals surface area contributed by atoms with Crippen LogP contribution in [0.1, 0.15) is 100 Å². The third kappa shape index (κ3) is 21.7. The summed E-state index contributed by atoms with van der Waals surface area (Å²) < 4.78 is 32.1. The number of rotatable bonds is 18. The Labute approximate surface area is 358 Å². The Balaban J connectivity index is -0.000000476. The van der Waals surface area contributed by atoms with E-state index in [0.29, 0.717) is 24.3 Å². The van der Waals surface area contributed by atoms with E-state index in [-0.39, 0.29) is 81.7 Å². The van der Waals surface area contributed by atoms with Gasteiger partial charge >= 0.3 is 31.4 Å². The highest BCUT2D eigenvalue weighted by molar-refractivity contribution is 7.56. The fourth-order valence-corrected chi connectivity index (χ4v) is 6.77. The number of carbonyl (C=O) groups is 4. The Morgan fingerprint density at radius 2 is 0.750 bits per heavy atom. The van der Waals surface area contributed by atoms with E-state index in [1.165, 1.54) is 24.3 Å². The predicted octanol–water partition coefficient (Wildman–Crippen LogP) is 12.4. The molecule has 0 aliphatic heterocycles. The summed E-state index contributed by atoms with van der Waals surface area (Å²) in [4.78, 5) is 43.0. The van der Waals surface area contributed by atoms with Gasteiger partial charge in [-0.15, -0.1) is 0 Å². The number of carboxylic acids is 4. The first kappa shape index (κ1) is 61.4. The van der Waals surface area contributed by atoms with Crippen LogP contribution in [-0.2, 0) is 44.7 Å². The van der Waals surface area contributed by atoms with Crippen molar-refractivity contribution in [1.29, 1.82) is 0 Å². The van der Waals surface area contributed by atoms with Crippen LogP contribution in [0.5, 0.6) is 11.5 Å². The normalized spacial score (nSPS) is 9.93. The van der Waals surface area contributed by atoms with Gasteiger partial charge in [0.25, 0.3) is 0 Å². The van der Waals surface area contributed by atoms with E-state index >= 15 is 0 Å². The molecule has 4 rings (SSSR count). The molecule has 14 nitrogen and oxygen atoms in total. The molecular formula is C44H68N2O12P2. The summed E-state index contributed by atoms with van der Waals surface area (Å²) in [7, 11) is -1.75. The fourth-order valence-electron chi connectivity index (χ4n) is 4.46. The molecule has 4 aromatic rings. The van der Waals surface area contributed by atoms with E-state index in [0.717, 1.165) is 22.3 Å². The Kier molecular flexibility index (Phi) is 30.6. The molecule has 0 atom stereocenters. The molecule has 0 radical (unpaired) electrons. The third-order valence-electron chi connectivity index (χ3n) is 7.72. The van der Waals surface area contributed by atoms with E-state index in [2.05, 4.69) is 9.49 Å². The zero-order valence-corrected chi connectivity index (χ0v) is 32.1. The highest BCUT2D eigenvalue weighted by Gasteiger charge is 2.18. The lowest BCUT2D eigenvalue weighted by molar-refractivity contribution is -0.138. The van der Waals surface area contributed by atoms with Gasteiger partial charge in [-0.1, -0.05) is 93.1 Å². The minimum absolute atomic E-state index is 0. The molecule has 0 saturated carbocycles. The van der Waals surface area contributed by atoms with Crippen molar-refractivity contribution in [1.82, 2.24) is 0 Å². The lowest BCUT2D eigenvalue weighted by Gasteiger charge is -2.21. The second kappa shape index (κ2) is 29.9. The smallest absolute Gasteiger partial charge is 0.335 e. The Morgan fingerprint density at radius 1 is 0.467 bits per heavy atom. The number of aryl methyl sites for hydroxylation is 2. The number of aliphatic carboxylic acids is 2. The van der Waals surface area contributed by atoms with Crippen molar-refractivity contribution in [2.75, 3.05) is 27.4 Å². The van der Waals surface area contributed by atoms with Gasteiger partial charge in [0.2, 0.25) is 7.51 Å². The van der Waals surface area contributed by atoms with E-state index < -0.39 is 38.9 Å². The Hall–Kier alpha value is -5.26. The number of hydrogen-bond donors (Lipinski definition) is 4. The van der Waals surface area contributed by atoms with Crippen molar-refractivity contribution >= 4 is 38.9 Å². The summed E-state index contributed by atoms with van der Waals surface area (Å²) in [5.41, 5.74) is 3.90. The number of benzene rings is 4. The summed E-state index contributed by atoms with van der Waals surface area (Å²) in [6.07, 6.45) is 1.09.